The Hall–Kier alpha value is -1.88. The largest absolute Gasteiger partial charge is 0.352 e. The Morgan fingerprint density at radius 3 is 2.42 bits per heavy atom. The fourth-order valence-electron chi connectivity index (χ4n) is 3.08. The van der Waals surface area contributed by atoms with Gasteiger partial charge in [-0.3, -0.25) is 9.59 Å². The summed E-state index contributed by atoms with van der Waals surface area (Å²) < 4.78 is 0. The lowest BCUT2D eigenvalue weighted by molar-refractivity contribution is -0.117. The molecule has 3 rings (SSSR count). The molecule has 1 aromatic rings. The maximum atomic E-state index is 12.1. The smallest absolute Gasteiger partial charge is 0.251 e. The van der Waals surface area contributed by atoms with Gasteiger partial charge in [-0.05, 0) is 76.0 Å². The van der Waals surface area contributed by atoms with Crippen molar-refractivity contribution < 1.29 is 9.59 Å². The van der Waals surface area contributed by atoms with Gasteiger partial charge in [-0.2, -0.15) is 0 Å². The molecule has 0 atom stereocenters. The number of benzene rings is 1. The normalized spacial score (nSPS) is 18.2. The van der Waals surface area contributed by atoms with Gasteiger partial charge in [-0.1, -0.05) is 6.42 Å². The third-order valence-corrected chi connectivity index (χ3v) is 4.75. The molecule has 2 N–H and O–H groups in total. The SMILES string of the molecule is O=C(NCCCN1CCCCC1)c1ccc(NC(=O)C2CC2)cc1. The van der Waals surface area contributed by atoms with Crippen LogP contribution in [-0.4, -0.2) is 42.9 Å². The number of carbonyl (C=O) groups is 2. The highest BCUT2D eigenvalue weighted by Crippen LogP contribution is 2.30. The molecule has 1 aliphatic carbocycles. The summed E-state index contributed by atoms with van der Waals surface area (Å²) in [5, 5.41) is 5.86. The van der Waals surface area contributed by atoms with Crippen molar-refractivity contribution in [2.45, 2.75) is 38.5 Å². The Morgan fingerprint density at radius 2 is 1.75 bits per heavy atom. The van der Waals surface area contributed by atoms with Gasteiger partial charge in [0.2, 0.25) is 5.91 Å². The number of carbonyl (C=O) groups excluding carboxylic acids is 2. The Labute approximate surface area is 143 Å². The van der Waals surface area contributed by atoms with E-state index >= 15 is 0 Å². The van der Waals surface area contributed by atoms with E-state index in [-0.39, 0.29) is 17.7 Å². The minimum Gasteiger partial charge on any atom is -0.352 e. The molecule has 0 aromatic heterocycles. The number of hydrogen-bond donors (Lipinski definition) is 2. The lowest BCUT2D eigenvalue weighted by Gasteiger charge is -2.26. The van der Waals surface area contributed by atoms with Crippen LogP contribution in [0, 0.1) is 5.92 Å². The highest BCUT2D eigenvalue weighted by Gasteiger charge is 2.29. The summed E-state index contributed by atoms with van der Waals surface area (Å²) in [6.45, 7) is 4.16. The van der Waals surface area contributed by atoms with Crippen molar-refractivity contribution in [1.29, 1.82) is 0 Å². The van der Waals surface area contributed by atoms with Crippen molar-refractivity contribution in [3.63, 3.8) is 0 Å². The molecule has 5 heteroatoms. The summed E-state index contributed by atoms with van der Waals surface area (Å²) in [5.74, 6) is 0.228. The third-order valence-electron chi connectivity index (χ3n) is 4.75. The summed E-state index contributed by atoms with van der Waals surface area (Å²) >= 11 is 0. The molecule has 2 amide bonds. The van der Waals surface area contributed by atoms with Crippen LogP contribution in [0.2, 0.25) is 0 Å². The van der Waals surface area contributed by atoms with E-state index in [4.69, 9.17) is 0 Å². The van der Waals surface area contributed by atoms with Gasteiger partial charge >= 0.3 is 0 Å². The number of piperidine rings is 1. The van der Waals surface area contributed by atoms with Crippen LogP contribution in [-0.2, 0) is 4.79 Å². The standard InChI is InChI=1S/C19H27N3O2/c23-18(20-11-4-14-22-12-2-1-3-13-22)15-7-9-17(10-8-15)21-19(24)16-5-6-16/h7-10,16H,1-6,11-14H2,(H,20,23)(H,21,24). The van der Waals surface area contributed by atoms with E-state index < -0.39 is 0 Å². The van der Waals surface area contributed by atoms with E-state index in [1.165, 1.54) is 32.4 Å². The van der Waals surface area contributed by atoms with Crippen molar-refractivity contribution in [2.75, 3.05) is 31.5 Å². The second-order valence-corrected chi connectivity index (χ2v) is 6.85. The predicted molar refractivity (Wildman–Crippen MR) is 95.0 cm³/mol. The first kappa shape index (κ1) is 17.0. The van der Waals surface area contributed by atoms with Gasteiger partial charge in [-0.15, -0.1) is 0 Å². The number of rotatable bonds is 7. The van der Waals surface area contributed by atoms with Crippen LogP contribution in [0.3, 0.4) is 0 Å². The van der Waals surface area contributed by atoms with E-state index in [2.05, 4.69) is 15.5 Å². The first-order chi connectivity index (χ1) is 11.7. The van der Waals surface area contributed by atoms with Gasteiger partial charge in [0.15, 0.2) is 0 Å². The number of likely N-dealkylation sites (tertiary alicyclic amines) is 1. The van der Waals surface area contributed by atoms with Gasteiger partial charge in [0.05, 0.1) is 0 Å². The highest BCUT2D eigenvalue weighted by molar-refractivity contribution is 5.96. The molecule has 1 aromatic carbocycles. The van der Waals surface area contributed by atoms with Gasteiger partial charge < -0.3 is 15.5 Å². The number of nitrogens with one attached hydrogen (secondary N) is 2. The third kappa shape index (κ3) is 5.06. The average molecular weight is 329 g/mol. The first-order valence-electron chi connectivity index (χ1n) is 9.14. The van der Waals surface area contributed by atoms with Crippen molar-refractivity contribution in [3.05, 3.63) is 29.8 Å². The molecule has 2 fully saturated rings. The average Bonchev–Trinajstić information content (AvgIpc) is 3.45. The van der Waals surface area contributed by atoms with Crippen LogP contribution in [0.25, 0.3) is 0 Å². The van der Waals surface area contributed by atoms with Gasteiger partial charge in [-0.25, -0.2) is 0 Å². The molecule has 1 aliphatic heterocycles. The molecule has 1 saturated carbocycles. The summed E-state index contributed by atoms with van der Waals surface area (Å²) in [6.07, 6.45) is 6.92. The first-order valence-corrected chi connectivity index (χ1v) is 9.14. The van der Waals surface area contributed by atoms with Crippen LogP contribution in [0.5, 0.6) is 0 Å². The van der Waals surface area contributed by atoms with E-state index in [0.29, 0.717) is 12.1 Å². The molecule has 130 valence electrons. The van der Waals surface area contributed by atoms with E-state index in [1.54, 1.807) is 24.3 Å². The zero-order valence-corrected chi connectivity index (χ0v) is 14.2. The van der Waals surface area contributed by atoms with Crippen molar-refractivity contribution in [3.8, 4) is 0 Å². The number of amides is 2. The summed E-state index contributed by atoms with van der Waals surface area (Å²) in [4.78, 5) is 26.3. The molecule has 1 saturated heterocycles. The highest BCUT2D eigenvalue weighted by atomic mass is 16.2. The molecule has 1 heterocycles. The van der Waals surface area contributed by atoms with Gasteiger partial charge in [0, 0.05) is 23.7 Å². The summed E-state index contributed by atoms with van der Waals surface area (Å²) in [7, 11) is 0. The zero-order chi connectivity index (χ0) is 16.8. The Balaban J connectivity index is 1.37. The Bertz CT molecular complexity index is 560. The van der Waals surface area contributed by atoms with Gasteiger partial charge in [0.1, 0.15) is 0 Å². The van der Waals surface area contributed by atoms with Crippen molar-refractivity contribution in [1.82, 2.24) is 10.2 Å². The number of hydrogen-bond acceptors (Lipinski definition) is 3. The van der Waals surface area contributed by atoms with Gasteiger partial charge in [0.25, 0.3) is 5.91 Å². The lowest BCUT2D eigenvalue weighted by Crippen LogP contribution is -2.33. The molecular weight excluding hydrogens is 302 g/mol. The molecule has 0 spiro atoms. The Kier molecular flexibility index (Phi) is 5.86. The summed E-state index contributed by atoms with van der Waals surface area (Å²) in [5.41, 5.74) is 1.39. The second kappa shape index (κ2) is 8.29. The maximum Gasteiger partial charge on any atom is 0.251 e. The molecule has 0 radical (unpaired) electrons. The predicted octanol–water partition coefficient (Wildman–Crippen LogP) is 2.64. The minimum absolute atomic E-state index is 0.0475. The quantitative estimate of drug-likeness (QED) is 0.756. The molecule has 5 nitrogen and oxygen atoms in total. The maximum absolute atomic E-state index is 12.1. The van der Waals surface area contributed by atoms with E-state index in [1.807, 2.05) is 0 Å². The number of anilines is 1. The lowest BCUT2D eigenvalue weighted by atomic mass is 10.1. The molecule has 24 heavy (non-hydrogen) atoms. The Morgan fingerprint density at radius 1 is 1.04 bits per heavy atom. The molecule has 0 bridgehead atoms. The van der Waals surface area contributed by atoms with Crippen molar-refractivity contribution in [2.24, 2.45) is 5.92 Å². The molecule has 0 unspecified atom stereocenters. The van der Waals surface area contributed by atoms with Crippen LogP contribution in [0.4, 0.5) is 5.69 Å². The second-order valence-electron chi connectivity index (χ2n) is 6.85. The van der Waals surface area contributed by atoms with Crippen molar-refractivity contribution >= 4 is 17.5 Å². The topological polar surface area (TPSA) is 61.4 Å². The van der Waals surface area contributed by atoms with Crippen LogP contribution in [0.15, 0.2) is 24.3 Å². The number of nitrogens with zero attached hydrogens (tertiary/aromatic N) is 1. The summed E-state index contributed by atoms with van der Waals surface area (Å²) in [6, 6.07) is 7.12. The molecular formula is C19H27N3O2. The monoisotopic (exact) mass is 329 g/mol. The molecule has 2 aliphatic rings. The fraction of sp³-hybridized carbons (Fsp3) is 0.579. The van der Waals surface area contributed by atoms with E-state index in [9.17, 15) is 9.59 Å². The van der Waals surface area contributed by atoms with E-state index in [0.717, 1.165) is 31.5 Å². The van der Waals surface area contributed by atoms with Crippen LogP contribution in [0.1, 0.15) is 48.9 Å². The fourth-order valence-corrected chi connectivity index (χ4v) is 3.08. The van der Waals surface area contributed by atoms with Crippen LogP contribution >= 0.6 is 0 Å². The zero-order valence-electron chi connectivity index (χ0n) is 14.2. The minimum atomic E-state index is -0.0475. The van der Waals surface area contributed by atoms with Crippen LogP contribution < -0.4 is 10.6 Å².